The molecule has 142 valence electrons. The Morgan fingerprint density at radius 1 is 1.00 bits per heavy atom. The van der Waals surface area contributed by atoms with Crippen LogP contribution in [-0.4, -0.2) is 9.97 Å². The van der Waals surface area contributed by atoms with Gasteiger partial charge < -0.3 is 9.40 Å². The zero-order valence-electron chi connectivity index (χ0n) is 15.5. The highest BCUT2D eigenvalue weighted by Crippen LogP contribution is 2.34. The number of nitrogens with zero attached hydrogens (tertiary/aromatic N) is 1. The summed E-state index contributed by atoms with van der Waals surface area (Å²) >= 11 is 1.57. The van der Waals surface area contributed by atoms with E-state index in [0.29, 0.717) is 15.8 Å². The Balaban J connectivity index is 1.64. The summed E-state index contributed by atoms with van der Waals surface area (Å²) in [6.45, 7) is 0. The van der Waals surface area contributed by atoms with Crippen molar-refractivity contribution in [2.75, 3.05) is 0 Å². The Bertz CT molecular complexity index is 1560. The smallest absolute Gasteiger partial charge is 0.347 e. The lowest BCUT2D eigenvalue weighted by Crippen LogP contribution is -2.14. The van der Waals surface area contributed by atoms with Crippen molar-refractivity contribution in [3.63, 3.8) is 0 Å². The van der Waals surface area contributed by atoms with E-state index in [1.165, 1.54) is 4.88 Å². The van der Waals surface area contributed by atoms with Crippen LogP contribution in [0.25, 0.3) is 43.3 Å². The molecule has 5 aromatic rings. The zero-order chi connectivity index (χ0) is 19.5. The van der Waals surface area contributed by atoms with Crippen molar-refractivity contribution in [3.8, 4) is 11.4 Å². The second-order valence-corrected chi connectivity index (χ2v) is 8.54. The summed E-state index contributed by atoms with van der Waals surface area (Å²) in [5.41, 5.74) is 1.25. The van der Waals surface area contributed by atoms with Gasteiger partial charge in [-0.25, -0.2) is 9.78 Å². The lowest BCUT2D eigenvalue weighted by atomic mass is 9.97. The highest BCUT2D eigenvalue weighted by atomic mass is 32.1. The Morgan fingerprint density at radius 2 is 1.86 bits per heavy atom. The molecule has 1 aliphatic carbocycles. The molecular formula is C23H16N2O3S. The van der Waals surface area contributed by atoms with Gasteiger partial charge in [0.05, 0.1) is 5.39 Å². The number of benzene rings is 2. The average Bonchev–Trinajstić information content (AvgIpc) is 3.12. The maximum Gasteiger partial charge on any atom is 0.347 e. The monoisotopic (exact) mass is 400 g/mol. The van der Waals surface area contributed by atoms with Crippen molar-refractivity contribution >= 4 is 43.3 Å². The molecule has 3 heterocycles. The van der Waals surface area contributed by atoms with Crippen LogP contribution in [0, 0.1) is 0 Å². The van der Waals surface area contributed by atoms with E-state index in [2.05, 4.69) is 9.97 Å². The van der Waals surface area contributed by atoms with Gasteiger partial charge in [0.2, 0.25) is 0 Å². The topological polar surface area (TPSA) is 76.0 Å². The van der Waals surface area contributed by atoms with Gasteiger partial charge in [0.15, 0.2) is 0 Å². The van der Waals surface area contributed by atoms with E-state index in [4.69, 9.17) is 4.42 Å². The fourth-order valence-corrected chi connectivity index (χ4v) is 5.59. The maximum atomic E-state index is 12.9. The minimum absolute atomic E-state index is 0.179. The number of hydrogen-bond acceptors (Lipinski definition) is 5. The first-order valence-electron chi connectivity index (χ1n) is 9.69. The third-order valence-corrected chi connectivity index (χ3v) is 6.91. The van der Waals surface area contributed by atoms with Gasteiger partial charge in [-0.15, -0.1) is 11.3 Å². The third kappa shape index (κ3) is 2.49. The van der Waals surface area contributed by atoms with Crippen molar-refractivity contribution in [3.05, 3.63) is 73.7 Å². The van der Waals surface area contributed by atoms with Crippen molar-refractivity contribution < 1.29 is 4.42 Å². The normalized spacial score (nSPS) is 13.9. The van der Waals surface area contributed by atoms with Gasteiger partial charge in [0, 0.05) is 10.3 Å². The van der Waals surface area contributed by atoms with Crippen LogP contribution < -0.4 is 11.2 Å². The van der Waals surface area contributed by atoms with Crippen molar-refractivity contribution in [1.82, 2.24) is 9.97 Å². The summed E-state index contributed by atoms with van der Waals surface area (Å²) in [6, 6.07) is 13.4. The summed E-state index contributed by atoms with van der Waals surface area (Å²) < 4.78 is 5.57. The molecule has 0 saturated heterocycles. The van der Waals surface area contributed by atoms with Crippen molar-refractivity contribution in [2.24, 2.45) is 0 Å². The maximum absolute atomic E-state index is 12.9. The Kier molecular flexibility index (Phi) is 3.52. The molecule has 0 aliphatic heterocycles. The van der Waals surface area contributed by atoms with Crippen LogP contribution in [0.1, 0.15) is 23.3 Å². The Hall–Kier alpha value is -3.25. The Morgan fingerprint density at radius 3 is 2.79 bits per heavy atom. The summed E-state index contributed by atoms with van der Waals surface area (Å²) in [5.74, 6) is 0.268. The van der Waals surface area contributed by atoms with Crippen LogP contribution in [0.5, 0.6) is 0 Å². The van der Waals surface area contributed by atoms with Crippen molar-refractivity contribution in [2.45, 2.75) is 25.7 Å². The van der Waals surface area contributed by atoms with Crippen LogP contribution in [0.15, 0.2) is 56.5 Å². The first kappa shape index (κ1) is 16.7. The van der Waals surface area contributed by atoms with Crippen LogP contribution in [0.2, 0.25) is 0 Å². The molecule has 29 heavy (non-hydrogen) atoms. The van der Waals surface area contributed by atoms with E-state index in [1.54, 1.807) is 23.5 Å². The number of aryl methyl sites for hydroxylation is 2. The summed E-state index contributed by atoms with van der Waals surface area (Å²) in [6.07, 6.45) is 4.16. The van der Waals surface area contributed by atoms with Crippen LogP contribution in [0.4, 0.5) is 0 Å². The number of thiophene rings is 1. The highest BCUT2D eigenvalue weighted by molar-refractivity contribution is 7.18. The minimum atomic E-state index is -0.503. The first-order valence-corrected chi connectivity index (χ1v) is 10.5. The molecular weight excluding hydrogens is 384 g/mol. The van der Waals surface area contributed by atoms with E-state index in [0.717, 1.165) is 47.4 Å². The average molecular weight is 400 g/mol. The van der Waals surface area contributed by atoms with Gasteiger partial charge in [-0.2, -0.15) is 0 Å². The summed E-state index contributed by atoms with van der Waals surface area (Å²) in [5, 5.41) is 3.56. The number of fused-ring (bicyclic) bond motifs is 6. The van der Waals surface area contributed by atoms with E-state index >= 15 is 0 Å². The molecule has 5 nitrogen and oxygen atoms in total. The van der Waals surface area contributed by atoms with Gasteiger partial charge in [0.1, 0.15) is 21.8 Å². The molecule has 3 aromatic heterocycles. The molecule has 1 aliphatic rings. The van der Waals surface area contributed by atoms with Crippen LogP contribution >= 0.6 is 11.3 Å². The molecule has 0 fully saturated rings. The first-order chi connectivity index (χ1) is 14.2. The SMILES string of the molecule is O=c1oc2ccc3ccccc3c2cc1-c1nc2sc3c(c2c(=O)[nH]1)CCCC3. The molecule has 6 heteroatoms. The summed E-state index contributed by atoms with van der Waals surface area (Å²) in [4.78, 5) is 35.0. The second-order valence-electron chi connectivity index (χ2n) is 7.45. The molecule has 0 unspecified atom stereocenters. The highest BCUT2D eigenvalue weighted by Gasteiger charge is 2.21. The van der Waals surface area contributed by atoms with Gasteiger partial charge in [-0.05, 0) is 54.2 Å². The zero-order valence-corrected chi connectivity index (χ0v) is 16.3. The molecule has 0 spiro atoms. The molecule has 0 bridgehead atoms. The summed E-state index contributed by atoms with van der Waals surface area (Å²) in [7, 11) is 0. The van der Waals surface area contributed by atoms with Crippen molar-refractivity contribution in [1.29, 1.82) is 0 Å². The number of H-pyrrole nitrogens is 1. The Labute approximate surface area is 168 Å². The molecule has 6 rings (SSSR count). The molecule has 0 saturated carbocycles. The number of nitrogens with one attached hydrogen (secondary N) is 1. The second kappa shape index (κ2) is 6.12. The van der Waals surface area contributed by atoms with Gasteiger partial charge >= 0.3 is 5.63 Å². The number of aromatic amines is 1. The van der Waals surface area contributed by atoms with E-state index in [9.17, 15) is 9.59 Å². The standard InChI is InChI=1S/C23H16N2O3S/c26-21-19-14-7-3-4-8-18(14)29-22(19)25-20(24-21)16-11-15-13-6-2-1-5-12(13)9-10-17(15)28-23(16)27/h1-2,5-6,9-11H,3-4,7-8H2,(H,24,25,26). The lowest BCUT2D eigenvalue weighted by molar-refractivity contribution is 0.563. The molecule has 1 N–H and O–H groups in total. The van der Waals surface area contributed by atoms with Gasteiger partial charge in [-0.3, -0.25) is 4.79 Å². The number of hydrogen-bond donors (Lipinski definition) is 1. The van der Waals surface area contributed by atoms with E-state index in [1.807, 2.05) is 30.3 Å². The largest absolute Gasteiger partial charge is 0.422 e. The van der Waals surface area contributed by atoms with E-state index < -0.39 is 5.63 Å². The lowest BCUT2D eigenvalue weighted by Gasteiger charge is -2.09. The minimum Gasteiger partial charge on any atom is -0.422 e. The van der Waals surface area contributed by atoms with E-state index in [-0.39, 0.29) is 16.9 Å². The van der Waals surface area contributed by atoms with Crippen LogP contribution in [-0.2, 0) is 12.8 Å². The molecule has 2 aromatic carbocycles. The molecule has 0 radical (unpaired) electrons. The number of aromatic nitrogens is 2. The fourth-order valence-electron chi connectivity index (χ4n) is 4.33. The predicted molar refractivity (Wildman–Crippen MR) is 116 cm³/mol. The number of rotatable bonds is 1. The third-order valence-electron chi connectivity index (χ3n) is 5.72. The fraction of sp³-hybridized carbons (Fsp3) is 0.174. The molecule has 0 atom stereocenters. The molecule has 0 amide bonds. The van der Waals surface area contributed by atoms with Gasteiger partial charge in [0.25, 0.3) is 5.56 Å². The predicted octanol–water partition coefficient (Wildman–Crippen LogP) is 4.79. The van der Waals surface area contributed by atoms with Crippen LogP contribution in [0.3, 0.4) is 0 Å². The van der Waals surface area contributed by atoms with Gasteiger partial charge in [-0.1, -0.05) is 30.3 Å². The quantitative estimate of drug-likeness (QED) is 0.324.